The van der Waals surface area contributed by atoms with E-state index >= 15 is 0 Å². The van der Waals surface area contributed by atoms with Gasteiger partial charge in [0.2, 0.25) is 11.8 Å². The van der Waals surface area contributed by atoms with Gasteiger partial charge in [-0.1, -0.05) is 25.7 Å². The Balaban J connectivity index is 1.23. The van der Waals surface area contributed by atoms with Gasteiger partial charge in [0.1, 0.15) is 11.9 Å². The van der Waals surface area contributed by atoms with Crippen molar-refractivity contribution in [1.82, 2.24) is 15.1 Å². The molecule has 1 aromatic rings. The lowest BCUT2D eigenvalue weighted by Gasteiger charge is -2.29. The maximum absolute atomic E-state index is 14.6. The van der Waals surface area contributed by atoms with Crippen LogP contribution in [0.2, 0.25) is 0 Å². The minimum atomic E-state index is -0.673. The highest BCUT2D eigenvalue weighted by Crippen LogP contribution is 2.36. The second kappa shape index (κ2) is 11.5. The predicted molar refractivity (Wildman–Crippen MR) is 127 cm³/mol. The Kier molecular flexibility index (Phi) is 8.41. The number of hydrogen-bond donors (Lipinski definition) is 1. The first kappa shape index (κ1) is 24.2. The number of imide groups is 1. The number of carbonyl (C=O) groups excluding carboxylic acids is 3. The minimum Gasteiger partial charge on any atom is -0.322 e. The molecular weight excluding hydrogens is 441 g/mol. The fraction of sp³-hybridized carbons (Fsp3) is 0.640. The number of thioether (sulfide) groups is 1. The van der Waals surface area contributed by atoms with E-state index in [-0.39, 0.29) is 30.6 Å². The molecule has 3 aliphatic rings. The van der Waals surface area contributed by atoms with Gasteiger partial charge in [-0.25, -0.2) is 4.39 Å². The third kappa shape index (κ3) is 5.96. The molecule has 6 nitrogen and oxygen atoms in total. The highest BCUT2D eigenvalue weighted by Gasteiger charge is 2.40. The number of halogens is 1. The number of rotatable bonds is 10. The molecule has 1 atom stereocenters. The maximum atomic E-state index is 14.6. The molecule has 3 amide bonds. The van der Waals surface area contributed by atoms with E-state index in [9.17, 15) is 18.8 Å². The molecule has 2 fully saturated rings. The monoisotopic (exact) mass is 475 g/mol. The van der Waals surface area contributed by atoms with Gasteiger partial charge in [-0.3, -0.25) is 19.7 Å². The van der Waals surface area contributed by atoms with Gasteiger partial charge in [0.25, 0.3) is 5.91 Å². The first-order valence-electron chi connectivity index (χ1n) is 12.4. The molecule has 33 heavy (non-hydrogen) atoms. The lowest BCUT2D eigenvalue weighted by atomic mass is 10.0. The van der Waals surface area contributed by atoms with Crippen LogP contribution in [0.4, 0.5) is 4.39 Å². The summed E-state index contributed by atoms with van der Waals surface area (Å²) < 4.78 is 14.6. The van der Waals surface area contributed by atoms with Crippen LogP contribution in [-0.4, -0.2) is 59.0 Å². The highest BCUT2D eigenvalue weighted by atomic mass is 32.2. The average Bonchev–Trinajstić information content (AvgIpc) is 3.13. The summed E-state index contributed by atoms with van der Waals surface area (Å²) in [5, 5.41) is 2.31. The van der Waals surface area contributed by atoms with Crippen molar-refractivity contribution in [3.63, 3.8) is 0 Å². The van der Waals surface area contributed by atoms with Gasteiger partial charge in [-0.15, -0.1) is 11.8 Å². The quantitative estimate of drug-likeness (QED) is 0.313. The van der Waals surface area contributed by atoms with Crippen LogP contribution >= 0.6 is 11.8 Å². The molecule has 0 saturated carbocycles. The summed E-state index contributed by atoms with van der Waals surface area (Å²) in [7, 11) is 0. The molecule has 8 heteroatoms. The fourth-order valence-electron chi connectivity index (χ4n) is 5.07. The third-order valence-electron chi connectivity index (χ3n) is 6.93. The number of nitrogens with one attached hydrogen (secondary N) is 1. The van der Waals surface area contributed by atoms with E-state index in [1.165, 1.54) is 87.0 Å². The van der Waals surface area contributed by atoms with Crippen molar-refractivity contribution < 1.29 is 18.8 Å². The largest absolute Gasteiger partial charge is 0.322 e. The maximum Gasteiger partial charge on any atom is 0.255 e. The fourth-order valence-corrected chi connectivity index (χ4v) is 6.17. The van der Waals surface area contributed by atoms with Crippen molar-refractivity contribution in [2.75, 3.05) is 25.4 Å². The van der Waals surface area contributed by atoms with Gasteiger partial charge < -0.3 is 9.80 Å². The van der Waals surface area contributed by atoms with Gasteiger partial charge in [0.05, 0.1) is 0 Å². The summed E-state index contributed by atoms with van der Waals surface area (Å²) in [5.41, 5.74) is 1.15. The molecule has 0 spiro atoms. The van der Waals surface area contributed by atoms with Crippen LogP contribution in [0, 0.1) is 5.82 Å². The number of nitrogens with zero attached hydrogens (tertiary/aromatic N) is 2. The van der Waals surface area contributed by atoms with Crippen LogP contribution in [-0.2, 0) is 16.1 Å². The number of fused-ring (bicyclic) bond motifs is 1. The number of unbranched alkanes of at least 4 members (excludes halogenated alkanes) is 4. The van der Waals surface area contributed by atoms with E-state index in [0.29, 0.717) is 22.4 Å². The van der Waals surface area contributed by atoms with Crippen LogP contribution in [0.1, 0.15) is 80.1 Å². The number of piperidine rings is 2. The van der Waals surface area contributed by atoms with Crippen LogP contribution in [0.15, 0.2) is 17.0 Å². The standard InChI is InChI=1S/C25H34FN3O3S/c26-20-10-9-18-19(17-29(25(18)32)21-11-12-22(30)27-24(21)31)23(20)33-16-8-3-1-2-5-13-28-14-6-4-7-15-28/h9-10,21H,1-8,11-17H2,(H,27,30,31). The SMILES string of the molecule is O=C1CCC(N2Cc3c(ccc(F)c3SCCCCCCCN3CCCCC3)C2=O)C(=O)N1. The van der Waals surface area contributed by atoms with Crippen LogP contribution in [0.5, 0.6) is 0 Å². The normalized spacial score (nSPS) is 21.4. The average molecular weight is 476 g/mol. The summed E-state index contributed by atoms with van der Waals surface area (Å²) in [6.07, 6.45) is 10.4. The zero-order chi connectivity index (χ0) is 23.2. The second-order valence-corrected chi connectivity index (χ2v) is 10.4. The van der Waals surface area contributed by atoms with Crippen LogP contribution in [0.25, 0.3) is 0 Å². The van der Waals surface area contributed by atoms with E-state index < -0.39 is 11.9 Å². The Hall–Kier alpha value is -1.93. The van der Waals surface area contributed by atoms with Crippen molar-refractivity contribution in [2.24, 2.45) is 0 Å². The van der Waals surface area contributed by atoms with E-state index in [4.69, 9.17) is 0 Å². The lowest BCUT2D eigenvalue weighted by Crippen LogP contribution is -2.52. The second-order valence-electron chi connectivity index (χ2n) is 9.32. The zero-order valence-corrected chi connectivity index (χ0v) is 20.1. The summed E-state index contributed by atoms with van der Waals surface area (Å²) in [4.78, 5) is 41.2. The number of hydrogen-bond acceptors (Lipinski definition) is 5. The van der Waals surface area contributed by atoms with Crippen LogP contribution in [0.3, 0.4) is 0 Å². The Morgan fingerprint density at radius 1 is 1.00 bits per heavy atom. The van der Waals surface area contributed by atoms with E-state index in [1.54, 1.807) is 0 Å². The topological polar surface area (TPSA) is 69.7 Å². The van der Waals surface area contributed by atoms with Crippen LogP contribution < -0.4 is 5.32 Å². The molecular formula is C25H34FN3O3S. The molecule has 0 radical (unpaired) electrons. The van der Waals surface area contributed by atoms with Crippen molar-refractivity contribution in [3.8, 4) is 0 Å². The number of amides is 3. The summed E-state index contributed by atoms with van der Waals surface area (Å²) in [6, 6.07) is 2.20. The molecule has 3 heterocycles. The minimum absolute atomic E-state index is 0.213. The van der Waals surface area contributed by atoms with Crippen molar-refractivity contribution in [2.45, 2.75) is 81.7 Å². The van der Waals surface area contributed by atoms with E-state index in [1.807, 2.05) is 0 Å². The van der Waals surface area contributed by atoms with E-state index in [2.05, 4.69) is 10.2 Å². The molecule has 4 rings (SSSR count). The zero-order valence-electron chi connectivity index (χ0n) is 19.2. The molecule has 3 aliphatic heterocycles. The molecule has 0 aromatic heterocycles. The smallest absolute Gasteiger partial charge is 0.255 e. The van der Waals surface area contributed by atoms with Gasteiger partial charge in [0, 0.05) is 29.0 Å². The summed E-state index contributed by atoms with van der Waals surface area (Å²) in [5.74, 6) is -0.503. The van der Waals surface area contributed by atoms with E-state index in [0.717, 1.165) is 18.6 Å². The Labute approximate surface area is 199 Å². The Morgan fingerprint density at radius 2 is 1.76 bits per heavy atom. The van der Waals surface area contributed by atoms with Gasteiger partial charge in [-0.05, 0) is 69.6 Å². The van der Waals surface area contributed by atoms with Gasteiger partial charge in [0.15, 0.2) is 0 Å². The Morgan fingerprint density at radius 3 is 2.55 bits per heavy atom. The van der Waals surface area contributed by atoms with Crippen molar-refractivity contribution >= 4 is 29.5 Å². The predicted octanol–water partition coefficient (Wildman–Crippen LogP) is 4.12. The molecule has 180 valence electrons. The first-order valence-corrected chi connectivity index (χ1v) is 13.3. The summed E-state index contributed by atoms with van der Waals surface area (Å²) in [6.45, 7) is 3.95. The molecule has 1 N–H and O–H groups in total. The first-order chi connectivity index (χ1) is 16.0. The number of likely N-dealkylation sites (tertiary alicyclic amines) is 1. The number of carbonyl (C=O) groups is 3. The molecule has 0 aliphatic carbocycles. The van der Waals surface area contributed by atoms with Crippen molar-refractivity contribution in [1.29, 1.82) is 0 Å². The Bertz CT molecular complexity index is 888. The van der Waals surface area contributed by atoms with Crippen molar-refractivity contribution in [3.05, 3.63) is 29.1 Å². The third-order valence-corrected chi connectivity index (χ3v) is 8.16. The van der Waals surface area contributed by atoms with Gasteiger partial charge in [-0.2, -0.15) is 0 Å². The molecule has 1 aromatic carbocycles. The highest BCUT2D eigenvalue weighted by molar-refractivity contribution is 7.99. The molecule has 1 unspecified atom stereocenters. The number of benzene rings is 1. The molecule has 2 saturated heterocycles. The molecule has 0 bridgehead atoms. The lowest BCUT2D eigenvalue weighted by molar-refractivity contribution is -0.136. The summed E-state index contributed by atoms with van der Waals surface area (Å²) >= 11 is 1.47. The van der Waals surface area contributed by atoms with Gasteiger partial charge >= 0.3 is 0 Å².